The molecule has 1 saturated carbocycles. The van der Waals surface area contributed by atoms with Gasteiger partial charge >= 0.3 is 0 Å². The molecule has 0 bridgehead atoms. The fourth-order valence-corrected chi connectivity index (χ4v) is 3.78. The number of nitrogens with one attached hydrogen (secondary N) is 1. The molecule has 1 aromatic rings. The number of nitrogens with zero attached hydrogens (tertiary/aromatic N) is 4. The van der Waals surface area contributed by atoms with E-state index in [-0.39, 0.29) is 18.3 Å². The summed E-state index contributed by atoms with van der Waals surface area (Å²) in [5.74, 6) is 0.679. The molecule has 2 fully saturated rings. The molecule has 3 rings (SSSR count). The zero-order valence-corrected chi connectivity index (χ0v) is 14.9. The molecule has 0 atom stereocenters. The van der Waals surface area contributed by atoms with Crippen LogP contribution in [0.2, 0.25) is 0 Å². The molecule has 1 amide bonds. The van der Waals surface area contributed by atoms with Crippen molar-refractivity contribution in [2.45, 2.75) is 51.5 Å². The normalized spacial score (nSPS) is 19.6. The standard InChI is InChI=1S/C16H27N5O.ClH/c1-12-15(16(22)20(2)11-13-5-3-4-6-13)18-19-21(12)14-7-9-17-10-8-14;/h13-14,17H,3-11H2,1-2H3;1H. The Hall–Kier alpha value is -1.14. The van der Waals surface area contributed by atoms with Crippen molar-refractivity contribution in [2.75, 3.05) is 26.7 Å². The molecule has 1 saturated heterocycles. The summed E-state index contributed by atoms with van der Waals surface area (Å²) in [5.41, 5.74) is 1.44. The summed E-state index contributed by atoms with van der Waals surface area (Å²) in [4.78, 5) is 14.5. The van der Waals surface area contributed by atoms with Crippen LogP contribution < -0.4 is 5.32 Å². The van der Waals surface area contributed by atoms with Gasteiger partial charge in [-0.1, -0.05) is 18.1 Å². The molecular weight excluding hydrogens is 314 g/mol. The van der Waals surface area contributed by atoms with Gasteiger partial charge in [-0.15, -0.1) is 17.5 Å². The Bertz CT molecular complexity index is 521. The van der Waals surface area contributed by atoms with E-state index in [1.54, 1.807) is 0 Å². The van der Waals surface area contributed by atoms with Crippen LogP contribution in [0.5, 0.6) is 0 Å². The summed E-state index contributed by atoms with van der Waals surface area (Å²) >= 11 is 0. The minimum atomic E-state index is 0. The van der Waals surface area contributed by atoms with Crippen molar-refractivity contribution in [3.8, 4) is 0 Å². The molecule has 23 heavy (non-hydrogen) atoms. The lowest BCUT2D eigenvalue weighted by Crippen LogP contribution is -2.32. The number of amides is 1. The monoisotopic (exact) mass is 341 g/mol. The second-order valence-electron chi connectivity index (χ2n) is 6.79. The van der Waals surface area contributed by atoms with Crippen molar-refractivity contribution in [3.05, 3.63) is 11.4 Å². The molecule has 1 aromatic heterocycles. The smallest absolute Gasteiger partial charge is 0.276 e. The van der Waals surface area contributed by atoms with Crippen LogP contribution >= 0.6 is 12.4 Å². The third kappa shape index (κ3) is 4.04. The van der Waals surface area contributed by atoms with Crippen molar-refractivity contribution >= 4 is 18.3 Å². The number of hydrogen-bond acceptors (Lipinski definition) is 4. The van der Waals surface area contributed by atoms with Crippen molar-refractivity contribution in [1.29, 1.82) is 0 Å². The van der Waals surface area contributed by atoms with E-state index < -0.39 is 0 Å². The first-order chi connectivity index (χ1) is 10.7. The van der Waals surface area contributed by atoms with Crippen molar-refractivity contribution in [3.63, 3.8) is 0 Å². The summed E-state index contributed by atoms with van der Waals surface area (Å²) in [6.45, 7) is 4.83. The minimum absolute atomic E-state index is 0. The van der Waals surface area contributed by atoms with Crippen LogP contribution in [-0.4, -0.2) is 52.5 Å². The number of piperidine rings is 1. The number of hydrogen-bond donors (Lipinski definition) is 1. The molecule has 0 aromatic carbocycles. The van der Waals surface area contributed by atoms with E-state index in [1.807, 2.05) is 23.6 Å². The molecule has 7 heteroatoms. The topological polar surface area (TPSA) is 63.1 Å². The molecule has 1 aliphatic carbocycles. The number of aromatic nitrogens is 3. The van der Waals surface area contributed by atoms with Crippen LogP contribution in [0.1, 0.15) is 60.7 Å². The molecule has 1 N–H and O–H groups in total. The van der Waals surface area contributed by atoms with Gasteiger partial charge in [0.1, 0.15) is 0 Å². The van der Waals surface area contributed by atoms with Crippen molar-refractivity contribution in [2.24, 2.45) is 5.92 Å². The van der Waals surface area contributed by atoms with Gasteiger partial charge in [-0.3, -0.25) is 4.79 Å². The van der Waals surface area contributed by atoms with E-state index in [0.29, 0.717) is 17.7 Å². The number of halogens is 1. The zero-order valence-electron chi connectivity index (χ0n) is 14.1. The van der Waals surface area contributed by atoms with E-state index in [9.17, 15) is 4.79 Å². The van der Waals surface area contributed by atoms with Gasteiger partial charge in [0.05, 0.1) is 11.7 Å². The van der Waals surface area contributed by atoms with Crippen LogP contribution in [0.4, 0.5) is 0 Å². The Morgan fingerprint density at radius 2 is 1.91 bits per heavy atom. The van der Waals surface area contributed by atoms with E-state index in [2.05, 4.69) is 15.6 Å². The summed E-state index contributed by atoms with van der Waals surface area (Å²) in [6, 6.07) is 0.371. The van der Waals surface area contributed by atoms with Crippen LogP contribution in [0.3, 0.4) is 0 Å². The molecule has 0 unspecified atom stereocenters. The number of carbonyl (C=O) groups is 1. The Labute approximate surface area is 144 Å². The second-order valence-corrected chi connectivity index (χ2v) is 6.79. The van der Waals surface area contributed by atoms with Crippen LogP contribution in [0.15, 0.2) is 0 Å². The molecule has 130 valence electrons. The number of rotatable bonds is 4. The predicted molar refractivity (Wildman–Crippen MR) is 92.1 cm³/mol. The minimum Gasteiger partial charge on any atom is -0.340 e. The van der Waals surface area contributed by atoms with E-state index in [0.717, 1.165) is 38.2 Å². The molecule has 1 aliphatic heterocycles. The summed E-state index contributed by atoms with van der Waals surface area (Å²) in [6.07, 6.45) is 7.21. The lowest BCUT2D eigenvalue weighted by atomic mass is 10.1. The molecule has 0 radical (unpaired) electrons. The molecule has 2 aliphatic rings. The summed E-state index contributed by atoms with van der Waals surface area (Å²) < 4.78 is 1.96. The zero-order chi connectivity index (χ0) is 15.5. The van der Waals surface area contributed by atoms with Crippen LogP contribution in [-0.2, 0) is 0 Å². The maximum Gasteiger partial charge on any atom is 0.276 e. The molecule has 2 heterocycles. The average molecular weight is 342 g/mol. The number of carbonyl (C=O) groups excluding carboxylic acids is 1. The van der Waals surface area contributed by atoms with E-state index in [4.69, 9.17) is 0 Å². The SMILES string of the molecule is Cc1c(C(=O)N(C)CC2CCCC2)nnn1C1CCNCC1.Cl. The molecular formula is C16H28ClN5O. The molecule has 6 nitrogen and oxygen atoms in total. The predicted octanol–water partition coefficient (Wildman–Crippen LogP) is 2.20. The highest BCUT2D eigenvalue weighted by Gasteiger charge is 2.26. The highest BCUT2D eigenvalue weighted by atomic mass is 35.5. The van der Waals surface area contributed by atoms with Gasteiger partial charge in [-0.05, 0) is 51.6 Å². The Morgan fingerprint density at radius 3 is 2.57 bits per heavy atom. The van der Waals surface area contributed by atoms with Gasteiger partial charge in [-0.25, -0.2) is 4.68 Å². The average Bonchev–Trinajstić information content (AvgIpc) is 3.17. The fraction of sp³-hybridized carbons (Fsp3) is 0.812. The summed E-state index contributed by atoms with van der Waals surface area (Å²) in [7, 11) is 1.89. The van der Waals surface area contributed by atoms with E-state index >= 15 is 0 Å². The Morgan fingerprint density at radius 1 is 1.26 bits per heavy atom. The van der Waals surface area contributed by atoms with Crippen LogP contribution in [0, 0.1) is 12.8 Å². The van der Waals surface area contributed by atoms with E-state index in [1.165, 1.54) is 25.7 Å². The van der Waals surface area contributed by atoms with Crippen molar-refractivity contribution in [1.82, 2.24) is 25.2 Å². The largest absolute Gasteiger partial charge is 0.340 e. The first-order valence-corrected chi connectivity index (χ1v) is 8.54. The highest BCUT2D eigenvalue weighted by molar-refractivity contribution is 5.93. The van der Waals surface area contributed by atoms with Gasteiger partial charge in [0.15, 0.2) is 5.69 Å². The third-order valence-corrected chi connectivity index (χ3v) is 5.14. The van der Waals surface area contributed by atoms with Gasteiger partial charge in [0, 0.05) is 13.6 Å². The van der Waals surface area contributed by atoms with Crippen LogP contribution in [0.25, 0.3) is 0 Å². The maximum atomic E-state index is 12.6. The highest BCUT2D eigenvalue weighted by Crippen LogP contribution is 2.26. The third-order valence-electron chi connectivity index (χ3n) is 5.14. The van der Waals surface area contributed by atoms with Gasteiger partial charge in [0.25, 0.3) is 5.91 Å². The first-order valence-electron chi connectivity index (χ1n) is 8.54. The van der Waals surface area contributed by atoms with Gasteiger partial charge in [0.2, 0.25) is 0 Å². The molecule has 0 spiro atoms. The Balaban J connectivity index is 0.00000192. The van der Waals surface area contributed by atoms with Crippen molar-refractivity contribution < 1.29 is 4.79 Å². The van der Waals surface area contributed by atoms with Gasteiger partial charge in [-0.2, -0.15) is 0 Å². The summed E-state index contributed by atoms with van der Waals surface area (Å²) in [5, 5.41) is 11.8. The quantitative estimate of drug-likeness (QED) is 0.911. The Kier molecular flexibility index (Phi) is 6.41. The lowest BCUT2D eigenvalue weighted by Gasteiger charge is -2.24. The maximum absolute atomic E-state index is 12.6. The lowest BCUT2D eigenvalue weighted by molar-refractivity contribution is 0.0766. The second kappa shape index (κ2) is 8.11. The van der Waals surface area contributed by atoms with Gasteiger partial charge < -0.3 is 10.2 Å². The fourth-order valence-electron chi connectivity index (χ4n) is 3.78. The first kappa shape index (κ1) is 18.2.